The molecule has 0 spiro atoms. The third kappa shape index (κ3) is 9.49. The fourth-order valence-corrected chi connectivity index (χ4v) is 1.52. The molecule has 3 N–H and O–H groups in total. The summed E-state index contributed by atoms with van der Waals surface area (Å²) in [6, 6.07) is -0.414. The zero-order chi connectivity index (χ0) is 11.9. The van der Waals surface area contributed by atoms with Gasteiger partial charge in [0.05, 0.1) is 19.3 Å². The zero-order valence-electron chi connectivity index (χ0n) is 8.12. The van der Waals surface area contributed by atoms with Gasteiger partial charge in [-0.05, 0) is 6.08 Å². The first-order valence-corrected chi connectivity index (χ1v) is 6.69. The van der Waals surface area contributed by atoms with Crippen LogP contribution in [0.15, 0.2) is 11.9 Å². The van der Waals surface area contributed by atoms with Crippen LogP contribution in [0.1, 0.15) is 0 Å². The summed E-state index contributed by atoms with van der Waals surface area (Å²) < 4.78 is 20.6. The molecule has 6 nitrogen and oxygen atoms in total. The average molecular weight is 350 g/mol. The highest BCUT2D eigenvalue weighted by Gasteiger charge is 2.13. The second-order valence-electron chi connectivity index (χ2n) is 2.87. The summed E-state index contributed by atoms with van der Waals surface area (Å²) in [7, 11) is -2.53. The Balaban J connectivity index is 4.27. The number of hydrogen-bond acceptors (Lipinski definition) is 4. The molecule has 0 aliphatic carbocycles. The van der Waals surface area contributed by atoms with E-state index in [1.54, 1.807) is 30.9 Å². The summed E-state index contributed by atoms with van der Waals surface area (Å²) >= 11 is 1.65. The van der Waals surface area contributed by atoms with Crippen LogP contribution in [-0.2, 0) is 12.4 Å². The number of rotatable bonds is 7. The van der Waals surface area contributed by atoms with Crippen LogP contribution in [0.4, 0.5) is 0 Å². The Kier molecular flexibility index (Phi) is 8.07. The maximum atomic E-state index is 10.6. The maximum Gasteiger partial charge on any atom is 0.348 e. The van der Waals surface area contributed by atoms with Gasteiger partial charge in [0.1, 0.15) is 30.9 Å². The van der Waals surface area contributed by atoms with Crippen molar-refractivity contribution in [1.82, 2.24) is 0 Å². The normalized spacial score (nSPS) is 16.8. The molecular weight excluding hydrogens is 337 g/mol. The van der Waals surface area contributed by atoms with Gasteiger partial charge in [-0.15, -0.1) is 0 Å². The lowest BCUT2D eigenvalue weighted by Crippen LogP contribution is -2.26. The van der Waals surface area contributed by atoms with Gasteiger partial charge in [-0.1, -0.05) is 0 Å². The van der Waals surface area contributed by atoms with E-state index in [9.17, 15) is 4.57 Å². The molecule has 0 aromatic heterocycles. The SMILES string of the molecule is BC(CO)OC(/C=C/P(=O)(O)O)COI. The standard InChI is InChI=1S/C6H13BIO6P/c7-6(3-9)14-5(4-13-8)1-2-15(10,11)12/h1-2,5-6,9H,3-4,7H2,(H2,10,11,12)/b2-1+. The third-order valence-corrected chi connectivity index (χ3v) is 2.31. The molecule has 0 rings (SSSR count). The fourth-order valence-electron chi connectivity index (χ4n) is 0.752. The number of hydrogen-bond donors (Lipinski definition) is 3. The van der Waals surface area contributed by atoms with Crippen LogP contribution >= 0.6 is 30.6 Å². The predicted molar refractivity (Wildman–Crippen MR) is 65.4 cm³/mol. The van der Waals surface area contributed by atoms with Crippen molar-refractivity contribution in [3.8, 4) is 0 Å². The van der Waals surface area contributed by atoms with E-state index in [1.165, 1.54) is 6.08 Å². The number of aliphatic hydroxyl groups excluding tert-OH is 1. The summed E-state index contributed by atoms with van der Waals surface area (Å²) in [5.74, 6) is 0.761. The summed E-state index contributed by atoms with van der Waals surface area (Å²) in [6.07, 6.45) is 0.641. The van der Waals surface area contributed by atoms with Crippen molar-refractivity contribution >= 4 is 38.4 Å². The van der Waals surface area contributed by atoms with Crippen molar-refractivity contribution in [2.75, 3.05) is 13.2 Å². The van der Waals surface area contributed by atoms with Crippen LogP contribution in [0.3, 0.4) is 0 Å². The van der Waals surface area contributed by atoms with E-state index >= 15 is 0 Å². The smallest absolute Gasteiger partial charge is 0.348 e. The first kappa shape index (κ1) is 15.6. The molecule has 88 valence electrons. The van der Waals surface area contributed by atoms with Gasteiger partial charge < -0.3 is 22.7 Å². The Hall–Kier alpha value is 0.565. The van der Waals surface area contributed by atoms with E-state index in [0.717, 1.165) is 5.82 Å². The molecule has 0 bridgehead atoms. The molecular formula is C6H13BIO6P. The van der Waals surface area contributed by atoms with Crippen molar-refractivity contribution < 1.29 is 27.3 Å². The summed E-state index contributed by atoms with van der Waals surface area (Å²) in [6.45, 7) is -0.0110. The first-order chi connectivity index (χ1) is 6.89. The van der Waals surface area contributed by atoms with Gasteiger partial charge in [-0.25, -0.2) is 0 Å². The molecule has 0 saturated heterocycles. The minimum atomic E-state index is -4.18. The molecule has 2 atom stereocenters. The Morgan fingerprint density at radius 3 is 2.53 bits per heavy atom. The van der Waals surface area contributed by atoms with Crippen LogP contribution in [-0.4, -0.2) is 48.1 Å². The molecule has 0 saturated carbocycles. The van der Waals surface area contributed by atoms with E-state index in [4.69, 9.17) is 22.7 Å². The Morgan fingerprint density at radius 2 is 2.13 bits per heavy atom. The highest BCUT2D eigenvalue weighted by Crippen LogP contribution is 2.36. The molecule has 0 aromatic rings. The van der Waals surface area contributed by atoms with Crippen molar-refractivity contribution in [2.24, 2.45) is 0 Å². The van der Waals surface area contributed by atoms with E-state index in [-0.39, 0.29) is 13.2 Å². The molecule has 9 heteroatoms. The van der Waals surface area contributed by atoms with Gasteiger partial charge in [-0.3, -0.25) is 4.57 Å². The lowest BCUT2D eigenvalue weighted by molar-refractivity contribution is 0.0128. The Labute approximate surface area is 103 Å². The molecule has 0 radical (unpaired) electrons. The quantitative estimate of drug-likeness (QED) is 0.322. The van der Waals surface area contributed by atoms with Crippen LogP contribution in [0, 0.1) is 0 Å². The molecule has 2 unspecified atom stereocenters. The van der Waals surface area contributed by atoms with Crippen molar-refractivity contribution in [3.63, 3.8) is 0 Å². The highest BCUT2D eigenvalue weighted by atomic mass is 127. The van der Waals surface area contributed by atoms with Gasteiger partial charge in [0.25, 0.3) is 0 Å². The van der Waals surface area contributed by atoms with E-state index in [1.807, 2.05) is 0 Å². The second kappa shape index (κ2) is 7.78. The van der Waals surface area contributed by atoms with Gasteiger partial charge in [0, 0.05) is 11.8 Å². The Morgan fingerprint density at radius 1 is 1.53 bits per heavy atom. The number of aliphatic hydroxyl groups is 1. The molecule has 0 amide bonds. The number of ether oxygens (including phenoxy) is 1. The van der Waals surface area contributed by atoms with E-state index in [2.05, 4.69) is 0 Å². The minimum absolute atomic E-state index is 0.154. The van der Waals surface area contributed by atoms with Gasteiger partial charge in [-0.2, -0.15) is 0 Å². The summed E-state index contributed by atoms with van der Waals surface area (Å²) in [5, 5.41) is 8.73. The second-order valence-corrected chi connectivity index (χ2v) is 4.97. The molecule has 15 heavy (non-hydrogen) atoms. The predicted octanol–water partition coefficient (Wildman–Crippen LogP) is -0.619. The fraction of sp³-hybridized carbons (Fsp3) is 0.667. The largest absolute Gasteiger partial charge is 0.394 e. The van der Waals surface area contributed by atoms with Crippen LogP contribution in [0.5, 0.6) is 0 Å². The molecule has 0 aromatic carbocycles. The third-order valence-electron chi connectivity index (χ3n) is 1.39. The minimum Gasteiger partial charge on any atom is -0.394 e. The van der Waals surface area contributed by atoms with Crippen LogP contribution in [0.2, 0.25) is 0 Å². The molecule has 0 heterocycles. The summed E-state index contributed by atoms with van der Waals surface area (Å²) in [4.78, 5) is 17.2. The zero-order valence-corrected chi connectivity index (χ0v) is 11.2. The molecule has 0 aliphatic rings. The number of halogens is 1. The van der Waals surface area contributed by atoms with E-state index < -0.39 is 19.7 Å². The van der Waals surface area contributed by atoms with Crippen LogP contribution < -0.4 is 0 Å². The first-order valence-electron chi connectivity index (χ1n) is 4.13. The van der Waals surface area contributed by atoms with Crippen molar-refractivity contribution in [1.29, 1.82) is 0 Å². The van der Waals surface area contributed by atoms with Crippen LogP contribution in [0.25, 0.3) is 0 Å². The van der Waals surface area contributed by atoms with Gasteiger partial charge >= 0.3 is 7.60 Å². The molecule has 0 fully saturated rings. The van der Waals surface area contributed by atoms with Crippen molar-refractivity contribution in [2.45, 2.75) is 12.1 Å². The van der Waals surface area contributed by atoms with Gasteiger partial charge in [0.15, 0.2) is 0 Å². The average Bonchev–Trinajstić information content (AvgIpc) is 2.13. The summed E-state index contributed by atoms with van der Waals surface area (Å²) in [5.41, 5.74) is 0. The Bertz CT molecular complexity index is 244. The lowest BCUT2D eigenvalue weighted by Gasteiger charge is -2.17. The highest BCUT2D eigenvalue weighted by molar-refractivity contribution is 14.1. The molecule has 0 aliphatic heterocycles. The van der Waals surface area contributed by atoms with Gasteiger partial charge in [0.2, 0.25) is 0 Å². The monoisotopic (exact) mass is 350 g/mol. The van der Waals surface area contributed by atoms with Crippen molar-refractivity contribution in [3.05, 3.63) is 11.9 Å². The van der Waals surface area contributed by atoms with E-state index in [0.29, 0.717) is 0 Å². The lowest BCUT2D eigenvalue weighted by atomic mass is 10.0. The maximum absolute atomic E-state index is 10.6. The topological polar surface area (TPSA) is 96.2 Å².